The van der Waals surface area contributed by atoms with E-state index in [9.17, 15) is 0 Å². The van der Waals surface area contributed by atoms with E-state index in [0.29, 0.717) is 0 Å². The van der Waals surface area contributed by atoms with E-state index in [-0.39, 0.29) is 10.8 Å². The van der Waals surface area contributed by atoms with Gasteiger partial charge < -0.3 is 4.90 Å². The molecule has 0 spiro atoms. The summed E-state index contributed by atoms with van der Waals surface area (Å²) < 4.78 is 0. The van der Waals surface area contributed by atoms with E-state index in [4.69, 9.17) is 0 Å². The quantitative estimate of drug-likeness (QED) is 0.223. The molecule has 202 valence electrons. The van der Waals surface area contributed by atoms with Crippen LogP contribution in [-0.4, -0.2) is 0 Å². The van der Waals surface area contributed by atoms with E-state index in [0.717, 1.165) is 0 Å². The molecule has 7 rings (SSSR count). The molecule has 0 aliphatic heterocycles. The summed E-state index contributed by atoms with van der Waals surface area (Å²) in [6.07, 6.45) is 4.34. The van der Waals surface area contributed by atoms with Gasteiger partial charge in [0.15, 0.2) is 0 Å². The zero-order valence-electron chi connectivity index (χ0n) is 24.9. The van der Waals surface area contributed by atoms with Crippen molar-refractivity contribution in [2.24, 2.45) is 0 Å². The molecule has 0 unspecified atom stereocenters. The molecule has 0 fully saturated rings. The fourth-order valence-electron chi connectivity index (χ4n) is 7.24. The number of nitrogens with zero attached hydrogens (tertiary/aromatic N) is 1. The predicted molar refractivity (Wildman–Crippen MR) is 176 cm³/mol. The molecule has 1 heteroatoms. The molecule has 0 amide bonds. The van der Waals surface area contributed by atoms with Gasteiger partial charge in [0, 0.05) is 27.9 Å². The maximum Gasteiger partial charge on any atom is 0.0467 e. The first kappa shape index (κ1) is 25.6. The second kappa shape index (κ2) is 9.08. The Morgan fingerprint density at radius 3 is 1.46 bits per heavy atom. The Labute approximate surface area is 244 Å². The van der Waals surface area contributed by atoms with E-state index in [1.54, 1.807) is 0 Å². The van der Waals surface area contributed by atoms with Crippen LogP contribution in [0.15, 0.2) is 109 Å². The monoisotopic (exact) mass is 531 g/mol. The predicted octanol–water partition coefficient (Wildman–Crippen LogP) is 11.1. The number of benzene rings is 5. The molecule has 0 heterocycles. The molecule has 0 atom stereocenters. The second-order valence-electron chi connectivity index (χ2n) is 12.7. The summed E-state index contributed by atoms with van der Waals surface area (Å²) >= 11 is 0. The van der Waals surface area contributed by atoms with E-state index in [1.165, 1.54) is 72.7 Å². The van der Waals surface area contributed by atoms with Gasteiger partial charge in [-0.3, -0.25) is 0 Å². The Kier molecular flexibility index (Phi) is 5.67. The third kappa shape index (κ3) is 3.75. The fraction of sp³-hybridized carbons (Fsp3) is 0.200. The zero-order chi connectivity index (χ0) is 28.5. The van der Waals surface area contributed by atoms with E-state index < -0.39 is 0 Å². The van der Waals surface area contributed by atoms with Gasteiger partial charge in [0.25, 0.3) is 0 Å². The molecule has 41 heavy (non-hydrogen) atoms. The van der Waals surface area contributed by atoms with Gasteiger partial charge >= 0.3 is 0 Å². The summed E-state index contributed by atoms with van der Waals surface area (Å²) in [6, 6.07) is 38.7. The number of hydrogen-bond donors (Lipinski definition) is 0. The maximum atomic E-state index is 2.45. The van der Waals surface area contributed by atoms with Crippen molar-refractivity contribution >= 4 is 23.1 Å². The summed E-state index contributed by atoms with van der Waals surface area (Å²) in [7, 11) is 0. The first-order chi connectivity index (χ1) is 19.7. The lowest BCUT2D eigenvalue weighted by atomic mass is 9.82. The van der Waals surface area contributed by atoms with E-state index >= 15 is 0 Å². The Balaban J connectivity index is 1.44. The minimum atomic E-state index is -0.0570. The highest BCUT2D eigenvalue weighted by Gasteiger charge is 2.37. The molecule has 5 aromatic carbocycles. The Bertz CT molecular complexity index is 1760. The summed E-state index contributed by atoms with van der Waals surface area (Å²) in [4.78, 5) is 2.45. The molecule has 0 saturated carbocycles. The van der Waals surface area contributed by atoms with Gasteiger partial charge in [-0.15, -0.1) is 0 Å². The van der Waals surface area contributed by atoms with Crippen LogP contribution in [0.4, 0.5) is 17.1 Å². The molecular formula is C40H37N. The van der Waals surface area contributed by atoms with Gasteiger partial charge in [-0.05, 0) is 106 Å². The van der Waals surface area contributed by atoms with Gasteiger partial charge in [0.2, 0.25) is 0 Å². The molecule has 0 saturated heterocycles. The Morgan fingerprint density at radius 1 is 0.512 bits per heavy atom. The molecular weight excluding hydrogens is 494 g/mol. The molecule has 2 aliphatic rings. The highest BCUT2D eigenvalue weighted by atomic mass is 15.1. The highest BCUT2D eigenvalue weighted by Crippen LogP contribution is 2.53. The number of aryl methyl sites for hydroxylation is 1. The van der Waals surface area contributed by atoms with Crippen LogP contribution in [-0.2, 0) is 10.8 Å². The lowest BCUT2D eigenvalue weighted by Gasteiger charge is -2.30. The number of fused-ring (bicyclic) bond motifs is 6. The minimum absolute atomic E-state index is 0.0570. The normalized spacial score (nSPS) is 15.4. The van der Waals surface area contributed by atoms with Crippen LogP contribution in [0.2, 0.25) is 0 Å². The molecule has 0 radical (unpaired) electrons. The minimum Gasteiger partial charge on any atom is -0.310 e. The van der Waals surface area contributed by atoms with Crippen molar-refractivity contribution in [3.63, 3.8) is 0 Å². The first-order valence-corrected chi connectivity index (χ1v) is 14.7. The lowest BCUT2D eigenvalue weighted by Crippen LogP contribution is -2.18. The summed E-state index contributed by atoms with van der Waals surface area (Å²) in [6.45, 7) is 13.7. The second-order valence-corrected chi connectivity index (χ2v) is 12.7. The third-order valence-electron chi connectivity index (χ3n) is 9.52. The highest BCUT2D eigenvalue weighted by molar-refractivity contribution is 5.88. The molecule has 2 aliphatic carbocycles. The van der Waals surface area contributed by atoms with Gasteiger partial charge in [0.1, 0.15) is 0 Å². The summed E-state index contributed by atoms with van der Waals surface area (Å²) in [5.41, 5.74) is 16.9. The van der Waals surface area contributed by atoms with Crippen LogP contribution in [0.1, 0.15) is 68.0 Å². The van der Waals surface area contributed by atoms with Gasteiger partial charge in [-0.25, -0.2) is 0 Å². The van der Waals surface area contributed by atoms with Crippen molar-refractivity contribution in [1.82, 2.24) is 0 Å². The number of rotatable bonds is 4. The van der Waals surface area contributed by atoms with E-state index in [1.807, 2.05) is 0 Å². The van der Waals surface area contributed by atoms with Crippen LogP contribution < -0.4 is 4.90 Å². The van der Waals surface area contributed by atoms with Gasteiger partial charge in [0.05, 0.1) is 0 Å². The van der Waals surface area contributed by atoms with Crippen molar-refractivity contribution in [3.8, 4) is 22.3 Å². The molecule has 5 aromatic rings. The third-order valence-corrected chi connectivity index (χ3v) is 9.52. The van der Waals surface area contributed by atoms with Crippen molar-refractivity contribution < 1.29 is 0 Å². The van der Waals surface area contributed by atoms with E-state index in [2.05, 4.69) is 162 Å². The van der Waals surface area contributed by atoms with Crippen LogP contribution in [0, 0.1) is 6.92 Å². The standard InChI is InChI=1S/C40H37N/c1-7-12-27-23-28(18-17-26(27)2)41(29-19-21-33-31-13-8-10-15-35(31)39(3,4)37(33)24-29)30-20-22-34-32-14-9-11-16-36(32)40(5,6)38(34)25-30/h7-25H,1-6H3/b12-7-. The molecule has 0 aromatic heterocycles. The fourth-order valence-corrected chi connectivity index (χ4v) is 7.24. The average molecular weight is 532 g/mol. The smallest absolute Gasteiger partial charge is 0.0467 e. The number of anilines is 3. The Hall–Kier alpha value is -4.36. The lowest BCUT2D eigenvalue weighted by molar-refractivity contribution is 0.660. The van der Waals surface area contributed by atoms with Crippen molar-refractivity contribution in [3.05, 3.63) is 143 Å². The summed E-state index contributed by atoms with van der Waals surface area (Å²) in [5.74, 6) is 0. The average Bonchev–Trinajstić information content (AvgIpc) is 3.35. The zero-order valence-corrected chi connectivity index (χ0v) is 24.9. The largest absolute Gasteiger partial charge is 0.310 e. The molecule has 0 bridgehead atoms. The van der Waals surface area contributed by atoms with Crippen LogP contribution in [0.5, 0.6) is 0 Å². The number of allylic oxidation sites excluding steroid dienone is 1. The Morgan fingerprint density at radius 2 is 0.951 bits per heavy atom. The van der Waals surface area contributed by atoms with Crippen molar-refractivity contribution in [1.29, 1.82) is 0 Å². The maximum absolute atomic E-state index is 2.45. The molecule has 1 nitrogen and oxygen atoms in total. The van der Waals surface area contributed by atoms with Crippen LogP contribution in [0.3, 0.4) is 0 Å². The SMILES string of the molecule is C/C=C\c1cc(N(c2ccc3c(c2)C(C)(C)c2ccccc2-3)c2ccc3c(c2)C(C)(C)c2ccccc2-3)ccc1C. The van der Waals surface area contributed by atoms with Crippen molar-refractivity contribution in [2.45, 2.75) is 52.4 Å². The molecule has 0 N–H and O–H groups in total. The van der Waals surface area contributed by atoms with Gasteiger partial charge in [-0.2, -0.15) is 0 Å². The van der Waals surface area contributed by atoms with Gasteiger partial charge in [-0.1, -0.05) is 107 Å². The number of hydrogen-bond acceptors (Lipinski definition) is 1. The summed E-state index contributed by atoms with van der Waals surface area (Å²) in [5, 5.41) is 0. The van der Waals surface area contributed by atoms with Crippen LogP contribution in [0.25, 0.3) is 28.3 Å². The van der Waals surface area contributed by atoms with Crippen molar-refractivity contribution in [2.75, 3.05) is 4.90 Å². The topological polar surface area (TPSA) is 3.24 Å². The first-order valence-electron chi connectivity index (χ1n) is 14.7. The van der Waals surface area contributed by atoms with Crippen LogP contribution >= 0.6 is 0 Å².